The van der Waals surface area contributed by atoms with Crippen LogP contribution in [0, 0.1) is 10.8 Å². The van der Waals surface area contributed by atoms with Crippen LogP contribution in [0.25, 0.3) is 5.57 Å². The average molecular weight is 347 g/mol. The average Bonchev–Trinajstić information content (AvgIpc) is 3.19. The van der Waals surface area contributed by atoms with Gasteiger partial charge in [0.1, 0.15) is 0 Å². The minimum absolute atomic E-state index is 0.284. The summed E-state index contributed by atoms with van der Waals surface area (Å²) in [7, 11) is 0. The van der Waals surface area contributed by atoms with Crippen molar-refractivity contribution in [2.45, 2.75) is 66.7 Å². The first-order chi connectivity index (χ1) is 12.2. The first-order valence-corrected chi connectivity index (χ1v) is 10.0. The molecule has 4 rings (SSSR count). The molecular weight excluding hydrogens is 312 g/mol. The molecule has 2 aromatic rings. The molecule has 0 aliphatic heterocycles. The van der Waals surface area contributed by atoms with Gasteiger partial charge in [0, 0.05) is 0 Å². The van der Waals surface area contributed by atoms with Gasteiger partial charge in [0.2, 0.25) is 0 Å². The minimum atomic E-state index is 0.284. The molecule has 2 aliphatic carbocycles. The summed E-state index contributed by atoms with van der Waals surface area (Å²) >= 11 is 0. The third-order valence-corrected chi connectivity index (χ3v) is 5.82. The van der Waals surface area contributed by atoms with Crippen molar-refractivity contribution in [1.29, 1.82) is 0 Å². The molecule has 0 amide bonds. The maximum Gasteiger partial charge on any atom is -0.00852 e. The van der Waals surface area contributed by atoms with Crippen LogP contribution < -0.4 is 0 Å². The molecule has 0 saturated carbocycles. The molecule has 2 aliphatic rings. The summed E-state index contributed by atoms with van der Waals surface area (Å²) in [6.45, 7) is 13.9. The third kappa shape index (κ3) is 3.95. The topological polar surface area (TPSA) is 0 Å². The molecule has 0 bridgehead atoms. The highest BCUT2D eigenvalue weighted by Crippen LogP contribution is 2.44. The predicted molar refractivity (Wildman–Crippen MR) is 115 cm³/mol. The highest BCUT2D eigenvalue weighted by Gasteiger charge is 2.31. The van der Waals surface area contributed by atoms with Gasteiger partial charge in [-0.2, -0.15) is 0 Å². The zero-order valence-electron chi connectivity index (χ0n) is 17.4. The van der Waals surface area contributed by atoms with Crippen LogP contribution in [0.15, 0.2) is 54.6 Å². The number of hydrogen-bond donors (Lipinski definition) is 0. The second kappa shape index (κ2) is 7.06. The van der Waals surface area contributed by atoms with E-state index >= 15 is 0 Å². The first-order valence-electron chi connectivity index (χ1n) is 10.0. The van der Waals surface area contributed by atoms with Crippen molar-refractivity contribution >= 4 is 5.57 Å². The smallest absolute Gasteiger partial charge is 0.00852 e. The minimum Gasteiger partial charge on any atom is -0.0758 e. The highest BCUT2D eigenvalue weighted by atomic mass is 14.4. The van der Waals surface area contributed by atoms with Crippen LogP contribution >= 0.6 is 0 Å². The Balaban J connectivity index is 0.000000151. The highest BCUT2D eigenvalue weighted by molar-refractivity contribution is 5.76. The molecule has 0 fully saturated rings. The van der Waals surface area contributed by atoms with E-state index in [4.69, 9.17) is 0 Å². The number of rotatable bonds is 0. The molecule has 138 valence electrons. The monoisotopic (exact) mass is 346 g/mol. The van der Waals surface area contributed by atoms with Gasteiger partial charge in [0.05, 0.1) is 0 Å². The lowest BCUT2D eigenvalue weighted by molar-refractivity contribution is 0.319. The quantitative estimate of drug-likeness (QED) is 0.465. The van der Waals surface area contributed by atoms with Crippen LogP contribution in [0.4, 0.5) is 0 Å². The summed E-state index contributed by atoms with van der Waals surface area (Å²) in [6, 6.07) is 17.6. The van der Waals surface area contributed by atoms with Crippen LogP contribution in [0.3, 0.4) is 0 Å². The summed E-state index contributed by atoms with van der Waals surface area (Å²) in [5, 5.41) is 0. The third-order valence-electron chi connectivity index (χ3n) is 5.82. The fraction of sp³-hybridized carbons (Fsp3) is 0.462. The van der Waals surface area contributed by atoms with Gasteiger partial charge in [0.15, 0.2) is 0 Å². The number of benzene rings is 2. The van der Waals surface area contributed by atoms with Crippen LogP contribution in [-0.2, 0) is 12.8 Å². The Morgan fingerprint density at radius 1 is 0.769 bits per heavy atom. The molecule has 1 atom stereocenters. The van der Waals surface area contributed by atoms with Gasteiger partial charge in [0.25, 0.3) is 0 Å². The molecule has 26 heavy (non-hydrogen) atoms. The Kier molecular flexibility index (Phi) is 5.15. The van der Waals surface area contributed by atoms with Gasteiger partial charge in [-0.25, -0.2) is 0 Å². The maximum atomic E-state index is 2.37. The Morgan fingerprint density at radius 3 is 2.04 bits per heavy atom. The number of hydrogen-bond acceptors (Lipinski definition) is 0. The molecular formula is C26H34. The molecule has 0 radical (unpaired) electrons. The van der Waals surface area contributed by atoms with Crippen LogP contribution in [-0.4, -0.2) is 0 Å². The number of allylic oxidation sites excluding steroid dienone is 2. The summed E-state index contributed by atoms with van der Waals surface area (Å²) in [5.41, 5.74) is 8.31. The van der Waals surface area contributed by atoms with Crippen molar-refractivity contribution in [3.63, 3.8) is 0 Å². The molecule has 0 heteroatoms. The van der Waals surface area contributed by atoms with E-state index < -0.39 is 0 Å². The number of aryl methyl sites for hydroxylation is 1. The lowest BCUT2D eigenvalue weighted by atomic mass is 9.77. The standard InChI is InChI=1S/C13H18.C13H16/c2*1-13(2,3)12-9-8-10-6-4-5-7-11(10)12/h4-7,12H,8-9H2,1-3H3;4-7,9H,8H2,1-3H3. The Hall–Kier alpha value is -1.82. The zero-order chi connectivity index (χ0) is 18.9. The molecule has 1 unspecified atom stereocenters. The molecule has 0 nitrogen and oxygen atoms in total. The number of fused-ring (bicyclic) bond motifs is 2. The van der Waals surface area contributed by atoms with Gasteiger partial charge in [-0.3, -0.25) is 0 Å². The van der Waals surface area contributed by atoms with E-state index in [-0.39, 0.29) is 5.41 Å². The molecule has 2 aromatic carbocycles. The van der Waals surface area contributed by atoms with E-state index in [1.807, 2.05) is 0 Å². The molecule has 0 N–H and O–H groups in total. The van der Waals surface area contributed by atoms with Gasteiger partial charge >= 0.3 is 0 Å². The second-order valence-electron chi connectivity index (χ2n) is 9.89. The van der Waals surface area contributed by atoms with Crippen LogP contribution in [0.5, 0.6) is 0 Å². The van der Waals surface area contributed by atoms with Crippen molar-refractivity contribution in [2.24, 2.45) is 10.8 Å². The molecule has 0 aromatic heterocycles. The second-order valence-corrected chi connectivity index (χ2v) is 9.89. The normalized spacial score (nSPS) is 18.5. The van der Waals surface area contributed by atoms with Gasteiger partial charge < -0.3 is 0 Å². The van der Waals surface area contributed by atoms with Gasteiger partial charge in [-0.1, -0.05) is 96.1 Å². The van der Waals surface area contributed by atoms with Crippen molar-refractivity contribution < 1.29 is 0 Å². The summed E-state index contributed by atoms with van der Waals surface area (Å²) in [5.74, 6) is 0.767. The maximum absolute atomic E-state index is 2.37. The fourth-order valence-electron chi connectivity index (χ4n) is 4.45. The molecule has 0 spiro atoms. The van der Waals surface area contributed by atoms with E-state index in [1.165, 1.54) is 29.5 Å². The van der Waals surface area contributed by atoms with E-state index in [0.717, 1.165) is 12.3 Å². The van der Waals surface area contributed by atoms with E-state index in [1.54, 1.807) is 11.1 Å². The van der Waals surface area contributed by atoms with Gasteiger partial charge in [-0.15, -0.1) is 0 Å². The van der Waals surface area contributed by atoms with E-state index in [0.29, 0.717) is 5.41 Å². The predicted octanol–water partition coefficient (Wildman–Crippen LogP) is 7.43. The van der Waals surface area contributed by atoms with E-state index in [9.17, 15) is 0 Å². The summed E-state index contributed by atoms with van der Waals surface area (Å²) in [6.07, 6.45) is 6.09. The summed E-state index contributed by atoms with van der Waals surface area (Å²) < 4.78 is 0. The van der Waals surface area contributed by atoms with Crippen molar-refractivity contribution in [1.82, 2.24) is 0 Å². The lowest BCUT2D eigenvalue weighted by Gasteiger charge is -2.27. The Labute approximate surface area is 160 Å². The fourth-order valence-corrected chi connectivity index (χ4v) is 4.45. The largest absolute Gasteiger partial charge is 0.0758 e. The van der Waals surface area contributed by atoms with Gasteiger partial charge in [-0.05, 0) is 63.8 Å². The lowest BCUT2D eigenvalue weighted by Crippen LogP contribution is -2.15. The Bertz CT molecular complexity index is 787. The van der Waals surface area contributed by atoms with Crippen molar-refractivity contribution in [3.05, 3.63) is 76.9 Å². The SMILES string of the molecule is CC(C)(C)C1=CCc2ccccc21.CC(C)(C)C1CCc2ccccc21. The Morgan fingerprint density at radius 2 is 1.38 bits per heavy atom. The van der Waals surface area contributed by atoms with Crippen molar-refractivity contribution in [2.75, 3.05) is 0 Å². The van der Waals surface area contributed by atoms with Crippen LogP contribution in [0.2, 0.25) is 0 Å². The summed E-state index contributed by atoms with van der Waals surface area (Å²) in [4.78, 5) is 0. The van der Waals surface area contributed by atoms with Crippen molar-refractivity contribution in [3.8, 4) is 0 Å². The molecule has 0 heterocycles. The first kappa shape index (κ1) is 19.0. The zero-order valence-corrected chi connectivity index (χ0v) is 17.4. The molecule has 0 saturated heterocycles. The van der Waals surface area contributed by atoms with Crippen LogP contribution in [0.1, 0.15) is 76.1 Å². The van der Waals surface area contributed by atoms with E-state index in [2.05, 4.69) is 96.1 Å².